The second-order valence-corrected chi connectivity index (χ2v) is 6.55. The van der Waals surface area contributed by atoms with Crippen LogP contribution in [-0.4, -0.2) is 59.8 Å². The van der Waals surface area contributed by atoms with Gasteiger partial charge in [-0.15, -0.1) is 0 Å². The Morgan fingerprint density at radius 1 is 1.39 bits per heavy atom. The van der Waals surface area contributed by atoms with Crippen molar-refractivity contribution in [2.24, 2.45) is 5.92 Å². The van der Waals surface area contributed by atoms with E-state index >= 15 is 0 Å². The fraction of sp³-hybridized carbons (Fsp3) is 0.812. The number of ether oxygens (including phenoxy) is 1. The van der Waals surface area contributed by atoms with Crippen LogP contribution in [0.1, 0.15) is 37.4 Å². The van der Waals surface area contributed by atoms with Gasteiger partial charge in [0.2, 0.25) is 11.8 Å². The molecule has 2 fully saturated rings. The Labute approximate surface area is 136 Å². The number of aryl methyl sites for hydroxylation is 1. The first-order valence-corrected chi connectivity index (χ1v) is 8.60. The molecule has 3 rings (SSSR count). The molecule has 2 atom stereocenters. The van der Waals surface area contributed by atoms with Gasteiger partial charge < -0.3 is 19.5 Å². The third kappa shape index (κ3) is 4.75. The van der Waals surface area contributed by atoms with Gasteiger partial charge in [0.25, 0.3) is 0 Å². The van der Waals surface area contributed by atoms with Gasteiger partial charge in [-0.25, -0.2) is 0 Å². The smallest absolute Gasteiger partial charge is 0.236 e. The van der Waals surface area contributed by atoms with Gasteiger partial charge in [-0.1, -0.05) is 5.16 Å². The molecular formula is C16H26N4O3. The molecule has 1 aromatic rings. The van der Waals surface area contributed by atoms with Crippen molar-refractivity contribution in [3.63, 3.8) is 0 Å². The predicted octanol–water partition coefficient (Wildman–Crippen LogP) is 0.928. The van der Waals surface area contributed by atoms with Crippen molar-refractivity contribution in [3.8, 4) is 0 Å². The summed E-state index contributed by atoms with van der Waals surface area (Å²) in [6.45, 7) is 5.45. The summed E-state index contributed by atoms with van der Waals surface area (Å²) in [5.74, 6) is 1.94. The van der Waals surface area contributed by atoms with Gasteiger partial charge >= 0.3 is 0 Å². The van der Waals surface area contributed by atoms with Gasteiger partial charge in [0.15, 0.2) is 5.82 Å². The van der Waals surface area contributed by atoms with Crippen molar-refractivity contribution >= 4 is 5.91 Å². The Bertz CT molecular complexity index is 513. The number of piperidine rings is 1. The molecule has 0 spiro atoms. The molecule has 128 valence electrons. The van der Waals surface area contributed by atoms with Crippen LogP contribution in [0.2, 0.25) is 0 Å². The maximum absolute atomic E-state index is 12.3. The van der Waals surface area contributed by atoms with Crippen molar-refractivity contribution in [2.75, 3.05) is 32.8 Å². The summed E-state index contributed by atoms with van der Waals surface area (Å²) < 4.78 is 10.6. The van der Waals surface area contributed by atoms with E-state index in [0.29, 0.717) is 18.4 Å². The highest BCUT2D eigenvalue weighted by molar-refractivity contribution is 5.78. The summed E-state index contributed by atoms with van der Waals surface area (Å²) in [5, 5.41) is 7.19. The number of carbonyl (C=O) groups excluding carboxylic acids is 1. The van der Waals surface area contributed by atoms with E-state index in [4.69, 9.17) is 9.26 Å². The number of amides is 1. The molecule has 7 nitrogen and oxygen atoms in total. The normalized spacial score (nSPS) is 25.0. The fourth-order valence-corrected chi connectivity index (χ4v) is 3.40. The zero-order valence-corrected chi connectivity index (χ0v) is 13.8. The lowest BCUT2D eigenvalue weighted by Gasteiger charge is -2.32. The molecule has 3 heterocycles. The molecule has 2 saturated heterocycles. The van der Waals surface area contributed by atoms with Crippen molar-refractivity contribution < 1.29 is 14.1 Å². The van der Waals surface area contributed by atoms with Crippen LogP contribution in [0, 0.1) is 12.8 Å². The number of likely N-dealkylation sites (tertiary alicyclic amines) is 1. The molecule has 0 bridgehead atoms. The third-order valence-electron chi connectivity index (χ3n) is 4.58. The van der Waals surface area contributed by atoms with E-state index in [1.807, 2.05) is 4.90 Å². The number of carbonyl (C=O) groups is 1. The van der Waals surface area contributed by atoms with E-state index < -0.39 is 0 Å². The van der Waals surface area contributed by atoms with E-state index in [1.54, 1.807) is 6.92 Å². The van der Waals surface area contributed by atoms with Crippen LogP contribution in [0.4, 0.5) is 0 Å². The maximum Gasteiger partial charge on any atom is 0.236 e. The molecule has 7 heteroatoms. The lowest BCUT2D eigenvalue weighted by Crippen LogP contribution is -2.45. The van der Waals surface area contributed by atoms with Crippen LogP contribution in [0.3, 0.4) is 0 Å². The van der Waals surface area contributed by atoms with Gasteiger partial charge in [0.1, 0.15) is 0 Å². The zero-order valence-electron chi connectivity index (χ0n) is 13.8. The first-order chi connectivity index (χ1) is 11.2. The molecule has 0 radical (unpaired) electrons. The molecule has 0 saturated carbocycles. The molecule has 2 aliphatic rings. The Morgan fingerprint density at radius 3 is 3.04 bits per heavy atom. The summed E-state index contributed by atoms with van der Waals surface area (Å²) in [5.41, 5.74) is 0. The quantitative estimate of drug-likeness (QED) is 0.839. The summed E-state index contributed by atoms with van der Waals surface area (Å²) >= 11 is 0. The van der Waals surface area contributed by atoms with Gasteiger partial charge in [-0.05, 0) is 31.6 Å². The van der Waals surface area contributed by atoms with Crippen LogP contribution >= 0.6 is 0 Å². The van der Waals surface area contributed by atoms with Gasteiger partial charge in [0.05, 0.1) is 12.6 Å². The Balaban J connectivity index is 1.40. The first-order valence-electron chi connectivity index (χ1n) is 8.60. The van der Waals surface area contributed by atoms with E-state index in [9.17, 15) is 4.79 Å². The average Bonchev–Trinajstić information content (AvgIpc) is 3.19. The summed E-state index contributed by atoms with van der Waals surface area (Å²) in [6, 6.07) is 0. The number of nitrogens with zero attached hydrogens (tertiary/aromatic N) is 3. The Hall–Kier alpha value is -1.47. The third-order valence-corrected chi connectivity index (χ3v) is 4.58. The highest BCUT2D eigenvalue weighted by Crippen LogP contribution is 2.20. The second-order valence-electron chi connectivity index (χ2n) is 6.55. The molecular weight excluding hydrogens is 296 g/mol. The molecule has 0 aliphatic carbocycles. The molecule has 0 aromatic carbocycles. The molecule has 1 amide bonds. The van der Waals surface area contributed by atoms with Crippen LogP contribution in [-0.2, 0) is 16.0 Å². The lowest BCUT2D eigenvalue weighted by atomic mass is 9.94. The monoisotopic (exact) mass is 322 g/mol. The van der Waals surface area contributed by atoms with Crippen LogP contribution in [0.15, 0.2) is 4.52 Å². The van der Waals surface area contributed by atoms with Crippen LogP contribution < -0.4 is 5.32 Å². The molecule has 1 aromatic heterocycles. The van der Waals surface area contributed by atoms with Crippen molar-refractivity contribution in [1.82, 2.24) is 20.4 Å². The Morgan fingerprint density at radius 2 is 2.30 bits per heavy atom. The van der Waals surface area contributed by atoms with Crippen molar-refractivity contribution in [2.45, 2.75) is 45.1 Å². The minimum absolute atomic E-state index is 0.178. The second kappa shape index (κ2) is 7.88. The summed E-state index contributed by atoms with van der Waals surface area (Å²) in [4.78, 5) is 18.6. The topological polar surface area (TPSA) is 80.5 Å². The molecule has 1 N–H and O–H groups in total. The lowest BCUT2D eigenvalue weighted by molar-refractivity contribution is -0.132. The molecule has 2 aliphatic heterocycles. The van der Waals surface area contributed by atoms with E-state index in [2.05, 4.69) is 15.5 Å². The highest BCUT2D eigenvalue weighted by Gasteiger charge is 2.25. The standard InChI is InChI=1S/C16H26N4O3/c1-12-18-15(19-23-12)8-13-4-2-6-20(11-13)16(21)10-17-9-14-5-3-7-22-14/h13-14,17H,2-11H2,1H3/t13-,14-/m1/s1. The summed E-state index contributed by atoms with van der Waals surface area (Å²) in [7, 11) is 0. The van der Waals surface area contributed by atoms with Gasteiger partial charge in [-0.2, -0.15) is 4.98 Å². The number of hydrogen-bond donors (Lipinski definition) is 1. The maximum atomic E-state index is 12.3. The first kappa shape index (κ1) is 16.4. The number of hydrogen-bond acceptors (Lipinski definition) is 6. The minimum Gasteiger partial charge on any atom is -0.377 e. The van der Waals surface area contributed by atoms with Gasteiger partial charge in [0, 0.05) is 39.6 Å². The number of nitrogens with one attached hydrogen (secondary N) is 1. The number of rotatable bonds is 6. The van der Waals surface area contributed by atoms with Crippen molar-refractivity contribution in [1.29, 1.82) is 0 Å². The minimum atomic E-state index is 0.178. The van der Waals surface area contributed by atoms with Crippen LogP contribution in [0.5, 0.6) is 0 Å². The fourth-order valence-electron chi connectivity index (χ4n) is 3.40. The largest absolute Gasteiger partial charge is 0.377 e. The SMILES string of the molecule is Cc1nc(C[C@H]2CCCN(C(=O)CNC[C@H]3CCCO3)C2)no1. The average molecular weight is 322 g/mol. The van der Waals surface area contributed by atoms with E-state index in [1.165, 1.54) is 0 Å². The van der Waals surface area contributed by atoms with Crippen LogP contribution in [0.25, 0.3) is 0 Å². The number of aromatic nitrogens is 2. The molecule has 23 heavy (non-hydrogen) atoms. The Kier molecular flexibility index (Phi) is 5.61. The highest BCUT2D eigenvalue weighted by atomic mass is 16.5. The predicted molar refractivity (Wildman–Crippen MR) is 83.9 cm³/mol. The summed E-state index contributed by atoms with van der Waals surface area (Å²) in [6.07, 6.45) is 5.43. The van der Waals surface area contributed by atoms with Gasteiger partial charge in [-0.3, -0.25) is 4.79 Å². The molecule has 0 unspecified atom stereocenters. The van der Waals surface area contributed by atoms with Crippen molar-refractivity contribution in [3.05, 3.63) is 11.7 Å². The van der Waals surface area contributed by atoms with E-state index in [0.717, 1.165) is 64.2 Å². The van der Waals surface area contributed by atoms with E-state index in [-0.39, 0.29) is 12.0 Å². The zero-order chi connectivity index (χ0) is 16.1.